The molecule has 0 unspecified atom stereocenters. The highest BCUT2D eigenvalue weighted by atomic mass is 32.2. The number of nitrogen functional groups attached to an aromatic ring is 1. The Balaban J connectivity index is 2.16. The van der Waals surface area contributed by atoms with Gasteiger partial charge < -0.3 is 5.73 Å². The van der Waals surface area contributed by atoms with E-state index in [1.807, 2.05) is 0 Å². The van der Waals surface area contributed by atoms with E-state index in [0.29, 0.717) is 33.6 Å². The minimum absolute atomic E-state index is 0.111. The molecule has 0 radical (unpaired) electrons. The summed E-state index contributed by atoms with van der Waals surface area (Å²) in [5.41, 5.74) is 8.80. The Morgan fingerprint density at radius 2 is 1.88 bits per heavy atom. The van der Waals surface area contributed by atoms with Gasteiger partial charge in [0.05, 0.1) is 10.6 Å². The number of anilines is 1. The molecular weight excluding hydrogens is 326 g/mol. The third-order valence-corrected chi connectivity index (χ3v) is 5.54. The molecule has 0 bridgehead atoms. The molecule has 2 aromatic rings. The molecule has 1 aliphatic carbocycles. The highest BCUT2D eigenvalue weighted by Gasteiger charge is 2.41. The van der Waals surface area contributed by atoms with Crippen molar-refractivity contribution in [2.75, 3.05) is 12.8 Å². The van der Waals surface area contributed by atoms with Crippen LogP contribution in [0.25, 0.3) is 11.3 Å². The predicted octanol–water partition coefficient (Wildman–Crippen LogP) is 1.70. The quantitative estimate of drug-likeness (QED) is 0.772. The Kier molecular flexibility index (Phi) is 2.92. The summed E-state index contributed by atoms with van der Waals surface area (Å²) in [7, 11) is -2.19. The second-order valence-electron chi connectivity index (χ2n) is 5.56. The molecule has 0 saturated carbocycles. The molecule has 2 aliphatic rings. The summed E-state index contributed by atoms with van der Waals surface area (Å²) < 4.78 is 27.4. The third kappa shape index (κ3) is 1.85. The lowest BCUT2D eigenvalue weighted by atomic mass is 9.83. The summed E-state index contributed by atoms with van der Waals surface area (Å²) in [5.74, 6) is -0.297. The van der Waals surface area contributed by atoms with Crippen LogP contribution in [0.5, 0.6) is 0 Å². The van der Waals surface area contributed by atoms with Gasteiger partial charge in [0.2, 0.25) is 5.78 Å². The van der Waals surface area contributed by atoms with Crippen molar-refractivity contribution in [1.82, 2.24) is 4.72 Å². The Morgan fingerprint density at radius 3 is 2.58 bits per heavy atom. The van der Waals surface area contributed by atoms with E-state index in [2.05, 4.69) is 9.71 Å². The first kappa shape index (κ1) is 14.6. The molecule has 24 heavy (non-hydrogen) atoms. The molecular formula is C17H13N3O3S. The molecule has 7 heteroatoms. The summed E-state index contributed by atoms with van der Waals surface area (Å²) in [6, 6.07) is 11.6. The Bertz CT molecular complexity index is 1080. The molecule has 3 N–H and O–H groups in total. The van der Waals surface area contributed by atoms with Gasteiger partial charge in [-0.1, -0.05) is 24.3 Å². The molecule has 120 valence electrons. The number of rotatable bonds is 1. The minimum Gasteiger partial charge on any atom is -0.399 e. The molecule has 1 heterocycles. The summed E-state index contributed by atoms with van der Waals surface area (Å²) in [6.07, 6.45) is 0. The van der Waals surface area contributed by atoms with Crippen LogP contribution in [0.15, 0.2) is 52.4 Å². The number of ketones is 1. The van der Waals surface area contributed by atoms with Crippen molar-refractivity contribution in [3.05, 3.63) is 59.2 Å². The molecule has 4 rings (SSSR count). The zero-order chi connectivity index (χ0) is 17.1. The number of sulfonamides is 1. The van der Waals surface area contributed by atoms with Crippen molar-refractivity contribution < 1.29 is 13.2 Å². The number of nitrogens with zero attached hydrogens (tertiary/aromatic N) is 1. The number of benzene rings is 2. The molecule has 0 fully saturated rings. The van der Waals surface area contributed by atoms with Crippen molar-refractivity contribution >= 4 is 38.5 Å². The summed E-state index contributed by atoms with van der Waals surface area (Å²) >= 11 is 0. The zero-order valence-electron chi connectivity index (χ0n) is 12.7. The van der Waals surface area contributed by atoms with Crippen molar-refractivity contribution in [3.8, 4) is 0 Å². The van der Waals surface area contributed by atoms with E-state index in [9.17, 15) is 13.2 Å². The highest BCUT2D eigenvalue weighted by molar-refractivity contribution is 7.90. The monoisotopic (exact) mass is 339 g/mol. The Labute approximate surface area is 138 Å². The van der Waals surface area contributed by atoms with E-state index < -0.39 is 10.0 Å². The number of carbonyl (C=O) groups excluding carboxylic acids is 1. The Hall–Kier alpha value is -2.93. The van der Waals surface area contributed by atoms with Gasteiger partial charge in [0, 0.05) is 29.4 Å². The van der Waals surface area contributed by atoms with E-state index >= 15 is 0 Å². The van der Waals surface area contributed by atoms with Crippen molar-refractivity contribution in [1.29, 1.82) is 0 Å². The summed E-state index contributed by atoms with van der Waals surface area (Å²) in [5, 5.41) is 0. The van der Waals surface area contributed by atoms with Gasteiger partial charge in [-0.15, -0.1) is 0 Å². The van der Waals surface area contributed by atoms with Crippen LogP contribution in [-0.4, -0.2) is 27.0 Å². The van der Waals surface area contributed by atoms with Crippen LogP contribution in [0.3, 0.4) is 0 Å². The first-order valence-corrected chi connectivity index (χ1v) is 8.70. The normalized spacial score (nSPS) is 19.4. The lowest BCUT2D eigenvalue weighted by Gasteiger charge is -2.20. The maximum absolute atomic E-state index is 12.8. The summed E-state index contributed by atoms with van der Waals surface area (Å²) in [6.45, 7) is 0. The largest absolute Gasteiger partial charge is 0.399 e. The minimum atomic E-state index is -3.70. The fourth-order valence-corrected chi connectivity index (χ4v) is 4.49. The van der Waals surface area contributed by atoms with Crippen molar-refractivity contribution in [2.24, 2.45) is 4.99 Å². The number of allylic oxidation sites excluding steroid dienone is 1. The Morgan fingerprint density at radius 1 is 1.12 bits per heavy atom. The van der Waals surface area contributed by atoms with Gasteiger partial charge in [0.1, 0.15) is 5.71 Å². The van der Waals surface area contributed by atoms with E-state index in [-0.39, 0.29) is 16.4 Å². The second kappa shape index (κ2) is 4.78. The number of carbonyl (C=O) groups is 1. The van der Waals surface area contributed by atoms with E-state index in [1.165, 1.54) is 13.1 Å². The number of hydrogen-bond acceptors (Lipinski definition) is 5. The molecule has 0 amide bonds. The molecule has 0 saturated heterocycles. The summed E-state index contributed by atoms with van der Waals surface area (Å²) in [4.78, 5) is 17.1. The topological polar surface area (TPSA) is 102 Å². The molecule has 6 nitrogen and oxygen atoms in total. The number of Topliss-reactive ketones (excluding diaryl/α,β-unsaturated/α-hetero) is 1. The molecule has 0 atom stereocenters. The highest BCUT2D eigenvalue weighted by Crippen LogP contribution is 2.42. The number of nitrogens with one attached hydrogen (secondary N) is 1. The lowest BCUT2D eigenvalue weighted by Crippen LogP contribution is -2.25. The van der Waals surface area contributed by atoms with Crippen LogP contribution < -0.4 is 10.5 Å². The number of aliphatic imine (C=N–C) groups is 1. The standard InChI is InChI=1S/C17H13N3O3S/c1-19-16-13(9-4-2-5-10(18)8-9)15-14-11(17(16)21)6-3-7-12(14)24(22,23)20-15/h2-8,20H,18H2,1H3. The van der Waals surface area contributed by atoms with Crippen molar-refractivity contribution in [2.45, 2.75) is 4.90 Å². The average molecular weight is 339 g/mol. The number of hydrogen-bond donors (Lipinski definition) is 2. The first-order valence-electron chi connectivity index (χ1n) is 7.22. The molecule has 0 aromatic heterocycles. The van der Waals surface area contributed by atoms with Crippen LogP contribution in [0, 0.1) is 0 Å². The van der Waals surface area contributed by atoms with Crippen LogP contribution in [0.1, 0.15) is 21.5 Å². The first-order chi connectivity index (χ1) is 11.4. The van der Waals surface area contributed by atoms with Gasteiger partial charge >= 0.3 is 0 Å². The lowest BCUT2D eigenvalue weighted by molar-refractivity contribution is 0.106. The SMILES string of the molecule is CN=C1C(=O)c2cccc3c2C(=C1c1cccc(N)c1)NS3(=O)=O. The smallest absolute Gasteiger partial charge is 0.262 e. The van der Waals surface area contributed by atoms with E-state index in [1.54, 1.807) is 36.4 Å². The number of nitrogens with two attached hydrogens (primary N) is 1. The fourth-order valence-electron chi connectivity index (χ4n) is 3.17. The molecule has 2 aromatic carbocycles. The van der Waals surface area contributed by atoms with Crippen LogP contribution in [0.4, 0.5) is 5.69 Å². The second-order valence-corrected chi connectivity index (χ2v) is 7.21. The van der Waals surface area contributed by atoms with Gasteiger partial charge in [-0.05, 0) is 23.8 Å². The van der Waals surface area contributed by atoms with E-state index in [0.717, 1.165) is 0 Å². The van der Waals surface area contributed by atoms with Gasteiger partial charge in [-0.25, -0.2) is 8.42 Å². The van der Waals surface area contributed by atoms with Gasteiger partial charge in [0.15, 0.2) is 0 Å². The third-order valence-electron chi connectivity index (χ3n) is 4.15. The van der Waals surface area contributed by atoms with Crippen molar-refractivity contribution in [3.63, 3.8) is 0 Å². The van der Waals surface area contributed by atoms with Crippen LogP contribution >= 0.6 is 0 Å². The zero-order valence-corrected chi connectivity index (χ0v) is 13.5. The average Bonchev–Trinajstić information content (AvgIpc) is 2.83. The van der Waals surface area contributed by atoms with Gasteiger partial charge in [-0.2, -0.15) is 0 Å². The van der Waals surface area contributed by atoms with Crippen LogP contribution in [-0.2, 0) is 10.0 Å². The maximum atomic E-state index is 12.8. The predicted molar refractivity (Wildman–Crippen MR) is 92.1 cm³/mol. The fraction of sp³-hybridized carbons (Fsp3) is 0.0588. The van der Waals surface area contributed by atoms with Gasteiger partial charge in [0.25, 0.3) is 10.0 Å². The molecule has 0 spiro atoms. The van der Waals surface area contributed by atoms with E-state index in [4.69, 9.17) is 5.73 Å². The molecule has 1 aliphatic heterocycles. The van der Waals surface area contributed by atoms with Gasteiger partial charge in [-0.3, -0.25) is 14.5 Å². The maximum Gasteiger partial charge on any atom is 0.262 e. The van der Waals surface area contributed by atoms with Crippen LogP contribution in [0.2, 0.25) is 0 Å².